The number of amides is 1. The first-order valence-corrected chi connectivity index (χ1v) is 9.61. The summed E-state index contributed by atoms with van der Waals surface area (Å²) in [5, 5.41) is 8.37. The van der Waals surface area contributed by atoms with Gasteiger partial charge in [0, 0.05) is 19.1 Å². The molecule has 1 fully saturated rings. The SMILES string of the molecule is Cc1c(C(=O)N2CCCC(C(C)N)C2)nnn1-c1ccc(OC(C)C)cc1.Cl. The fourth-order valence-electron chi connectivity index (χ4n) is 3.48. The summed E-state index contributed by atoms with van der Waals surface area (Å²) < 4.78 is 7.36. The summed E-state index contributed by atoms with van der Waals surface area (Å²) in [7, 11) is 0. The molecular formula is C20H30ClN5O2. The molecule has 0 aliphatic carbocycles. The fraction of sp³-hybridized carbons (Fsp3) is 0.550. The van der Waals surface area contributed by atoms with Gasteiger partial charge in [-0.15, -0.1) is 17.5 Å². The molecule has 8 heteroatoms. The molecule has 1 aromatic carbocycles. The first kappa shape index (κ1) is 22.2. The lowest BCUT2D eigenvalue weighted by molar-refractivity contribution is 0.0654. The van der Waals surface area contributed by atoms with Crippen LogP contribution in [0.1, 0.15) is 49.8 Å². The third-order valence-electron chi connectivity index (χ3n) is 5.04. The van der Waals surface area contributed by atoms with Crippen molar-refractivity contribution in [2.75, 3.05) is 13.1 Å². The predicted octanol–water partition coefficient (Wildman–Crippen LogP) is 2.98. The summed E-state index contributed by atoms with van der Waals surface area (Å²) >= 11 is 0. The maximum Gasteiger partial charge on any atom is 0.276 e. The van der Waals surface area contributed by atoms with E-state index in [9.17, 15) is 4.79 Å². The van der Waals surface area contributed by atoms with Gasteiger partial charge in [-0.1, -0.05) is 5.21 Å². The molecule has 2 atom stereocenters. The zero-order chi connectivity index (χ0) is 19.6. The van der Waals surface area contributed by atoms with Crippen LogP contribution in [0.4, 0.5) is 0 Å². The number of benzene rings is 1. The fourth-order valence-corrected chi connectivity index (χ4v) is 3.48. The van der Waals surface area contributed by atoms with Crippen molar-refractivity contribution >= 4 is 18.3 Å². The van der Waals surface area contributed by atoms with Crippen LogP contribution in [0.15, 0.2) is 24.3 Å². The number of ether oxygens (including phenoxy) is 1. The van der Waals surface area contributed by atoms with E-state index in [1.807, 2.05) is 56.9 Å². The Balaban J connectivity index is 0.00000280. The summed E-state index contributed by atoms with van der Waals surface area (Å²) in [6.07, 6.45) is 2.16. The molecule has 3 rings (SSSR count). The zero-order valence-corrected chi connectivity index (χ0v) is 17.8. The van der Waals surface area contributed by atoms with Gasteiger partial charge in [0.25, 0.3) is 5.91 Å². The van der Waals surface area contributed by atoms with Crippen LogP contribution in [-0.2, 0) is 0 Å². The smallest absolute Gasteiger partial charge is 0.276 e. The number of nitrogens with two attached hydrogens (primary N) is 1. The minimum absolute atomic E-state index is 0. The highest BCUT2D eigenvalue weighted by Gasteiger charge is 2.29. The first-order valence-electron chi connectivity index (χ1n) is 9.61. The third kappa shape index (κ3) is 4.83. The number of nitrogens with zero attached hydrogens (tertiary/aromatic N) is 4. The van der Waals surface area contributed by atoms with Gasteiger partial charge >= 0.3 is 0 Å². The second kappa shape index (κ2) is 9.39. The maximum atomic E-state index is 13.0. The summed E-state index contributed by atoms with van der Waals surface area (Å²) in [4.78, 5) is 14.8. The van der Waals surface area contributed by atoms with E-state index in [2.05, 4.69) is 10.3 Å². The van der Waals surface area contributed by atoms with Gasteiger partial charge in [-0.25, -0.2) is 4.68 Å². The number of hydrogen-bond donors (Lipinski definition) is 1. The van der Waals surface area contributed by atoms with Crippen molar-refractivity contribution in [3.8, 4) is 11.4 Å². The molecule has 2 heterocycles. The number of aromatic nitrogens is 3. The van der Waals surface area contributed by atoms with Crippen molar-refractivity contribution in [1.82, 2.24) is 19.9 Å². The Morgan fingerprint density at radius 3 is 2.54 bits per heavy atom. The molecule has 1 aliphatic heterocycles. The molecule has 154 valence electrons. The van der Waals surface area contributed by atoms with Gasteiger partial charge in [0.2, 0.25) is 0 Å². The van der Waals surface area contributed by atoms with Crippen LogP contribution < -0.4 is 10.5 Å². The maximum absolute atomic E-state index is 13.0. The molecular weight excluding hydrogens is 378 g/mol. The molecule has 7 nitrogen and oxygen atoms in total. The summed E-state index contributed by atoms with van der Waals surface area (Å²) in [5.41, 5.74) is 8.03. The molecule has 0 saturated carbocycles. The predicted molar refractivity (Wildman–Crippen MR) is 111 cm³/mol. The number of halogens is 1. The highest BCUT2D eigenvalue weighted by Crippen LogP contribution is 2.22. The van der Waals surface area contributed by atoms with Gasteiger partial charge in [-0.3, -0.25) is 4.79 Å². The van der Waals surface area contributed by atoms with Crippen LogP contribution in [0.3, 0.4) is 0 Å². The monoisotopic (exact) mass is 407 g/mol. The van der Waals surface area contributed by atoms with Crippen LogP contribution >= 0.6 is 12.4 Å². The Bertz CT molecular complexity index is 788. The Morgan fingerprint density at radius 2 is 1.93 bits per heavy atom. The lowest BCUT2D eigenvalue weighted by Gasteiger charge is -2.34. The number of carbonyl (C=O) groups excluding carboxylic acids is 1. The minimum atomic E-state index is -0.0659. The van der Waals surface area contributed by atoms with Gasteiger partial charge in [-0.05, 0) is 70.7 Å². The quantitative estimate of drug-likeness (QED) is 0.823. The second-order valence-corrected chi connectivity index (χ2v) is 7.61. The van der Waals surface area contributed by atoms with Gasteiger partial charge in [-0.2, -0.15) is 0 Å². The van der Waals surface area contributed by atoms with Crippen molar-refractivity contribution in [1.29, 1.82) is 0 Å². The molecule has 0 bridgehead atoms. The lowest BCUT2D eigenvalue weighted by atomic mass is 9.92. The molecule has 1 amide bonds. The Morgan fingerprint density at radius 1 is 1.25 bits per heavy atom. The van der Waals surface area contributed by atoms with Crippen molar-refractivity contribution in [3.63, 3.8) is 0 Å². The highest BCUT2D eigenvalue weighted by atomic mass is 35.5. The van der Waals surface area contributed by atoms with E-state index in [1.54, 1.807) is 4.68 Å². The van der Waals surface area contributed by atoms with E-state index < -0.39 is 0 Å². The normalized spacial score (nSPS) is 17.9. The summed E-state index contributed by atoms with van der Waals surface area (Å²) in [5.74, 6) is 1.08. The summed E-state index contributed by atoms with van der Waals surface area (Å²) in [6.45, 7) is 9.29. The third-order valence-corrected chi connectivity index (χ3v) is 5.04. The van der Waals surface area contributed by atoms with Crippen LogP contribution in [0.5, 0.6) is 5.75 Å². The number of likely N-dealkylation sites (tertiary alicyclic amines) is 1. The highest BCUT2D eigenvalue weighted by molar-refractivity contribution is 5.93. The molecule has 28 heavy (non-hydrogen) atoms. The van der Waals surface area contributed by atoms with Gasteiger partial charge < -0.3 is 15.4 Å². The van der Waals surface area contributed by atoms with E-state index >= 15 is 0 Å². The number of carbonyl (C=O) groups is 1. The zero-order valence-electron chi connectivity index (χ0n) is 17.0. The van der Waals surface area contributed by atoms with Crippen molar-refractivity contribution in [2.24, 2.45) is 11.7 Å². The van der Waals surface area contributed by atoms with Crippen molar-refractivity contribution in [2.45, 2.75) is 52.7 Å². The van der Waals surface area contributed by atoms with E-state index in [1.165, 1.54) is 0 Å². The van der Waals surface area contributed by atoms with Crippen LogP contribution in [0.2, 0.25) is 0 Å². The van der Waals surface area contributed by atoms with Gasteiger partial charge in [0.05, 0.1) is 17.5 Å². The summed E-state index contributed by atoms with van der Waals surface area (Å²) in [6, 6.07) is 7.72. The number of rotatable bonds is 5. The van der Waals surface area contributed by atoms with Crippen LogP contribution in [0.25, 0.3) is 5.69 Å². The van der Waals surface area contributed by atoms with E-state index in [4.69, 9.17) is 10.5 Å². The molecule has 2 N–H and O–H groups in total. The van der Waals surface area contributed by atoms with Crippen LogP contribution in [0, 0.1) is 12.8 Å². The Kier molecular flexibility index (Phi) is 7.43. The molecule has 1 aliphatic rings. The second-order valence-electron chi connectivity index (χ2n) is 7.61. The number of piperidine rings is 1. The topological polar surface area (TPSA) is 86.3 Å². The Hall–Kier alpha value is -2.12. The van der Waals surface area contributed by atoms with Gasteiger partial charge in [0.1, 0.15) is 5.75 Å². The molecule has 0 spiro atoms. The standard InChI is InChI=1S/C20H29N5O2.ClH/c1-13(2)27-18-9-7-17(8-10-18)25-15(4)19(22-23-25)20(26)24-11-5-6-16(12-24)14(3)21;/h7-10,13-14,16H,5-6,11-12,21H2,1-4H3;1H. The average molecular weight is 408 g/mol. The average Bonchev–Trinajstić information content (AvgIpc) is 3.03. The van der Waals surface area contributed by atoms with Crippen molar-refractivity contribution < 1.29 is 9.53 Å². The molecule has 2 aromatic rings. The molecule has 1 aromatic heterocycles. The largest absolute Gasteiger partial charge is 0.491 e. The van der Waals surface area contributed by atoms with E-state index in [-0.39, 0.29) is 30.5 Å². The van der Waals surface area contributed by atoms with Crippen molar-refractivity contribution in [3.05, 3.63) is 35.7 Å². The first-order chi connectivity index (χ1) is 12.9. The minimum Gasteiger partial charge on any atom is -0.491 e. The molecule has 0 radical (unpaired) electrons. The molecule has 2 unspecified atom stereocenters. The van der Waals surface area contributed by atoms with E-state index in [0.29, 0.717) is 18.2 Å². The lowest BCUT2D eigenvalue weighted by Crippen LogP contribution is -2.45. The molecule has 1 saturated heterocycles. The van der Waals surface area contributed by atoms with Gasteiger partial charge in [0.15, 0.2) is 5.69 Å². The number of hydrogen-bond acceptors (Lipinski definition) is 5. The van der Waals surface area contributed by atoms with Crippen LogP contribution in [-0.4, -0.2) is 51.0 Å². The van der Waals surface area contributed by atoms with E-state index in [0.717, 1.165) is 36.5 Å². The Labute approximate surface area is 172 Å².